The minimum Gasteiger partial charge on any atom is -0.455 e. The number of imide groups is 4. The molecule has 0 atom stereocenters. The number of anilines is 4. The van der Waals surface area contributed by atoms with Crippen molar-refractivity contribution < 1.29 is 47.8 Å². The molecule has 3 aromatic carbocycles. The molecule has 234 valence electrons. The van der Waals surface area contributed by atoms with Gasteiger partial charge in [-0.1, -0.05) is 0 Å². The molecule has 0 radical (unpaired) electrons. The molecular weight excluding hydrogens is 624 g/mol. The van der Waals surface area contributed by atoms with Gasteiger partial charge in [-0.05, 0) is 60.7 Å². The molecule has 14 heteroatoms. The highest BCUT2D eigenvalue weighted by molar-refractivity contribution is 6.31. The van der Waals surface area contributed by atoms with Crippen LogP contribution < -0.4 is 29.1 Å². The van der Waals surface area contributed by atoms with Crippen molar-refractivity contribution in [2.75, 3.05) is 19.6 Å². The lowest BCUT2D eigenvalue weighted by atomic mass is 10.2. The maximum Gasteiger partial charge on any atom is 0.258 e. The predicted octanol–water partition coefficient (Wildman–Crippen LogP) is 2.99. The Morgan fingerprint density at radius 2 is 0.604 bits per heavy atom. The quantitative estimate of drug-likeness (QED) is 0.333. The van der Waals surface area contributed by atoms with E-state index in [1.54, 1.807) is 0 Å². The maximum atomic E-state index is 12.6. The summed E-state index contributed by atoms with van der Waals surface area (Å²) >= 11 is 0. The number of carbonyl (C=O) groups is 8. The van der Waals surface area contributed by atoms with Gasteiger partial charge in [0.1, 0.15) is 11.5 Å². The van der Waals surface area contributed by atoms with E-state index in [-0.39, 0.29) is 45.7 Å². The second-order valence-corrected chi connectivity index (χ2v) is 10.4. The Balaban J connectivity index is 1.17. The molecule has 4 aliphatic heterocycles. The minimum atomic E-state index is -0.648. The first-order chi connectivity index (χ1) is 23.1. The van der Waals surface area contributed by atoms with Crippen LogP contribution in [0.15, 0.2) is 109 Å². The van der Waals surface area contributed by atoms with Gasteiger partial charge in [0.15, 0.2) is 11.5 Å². The molecule has 48 heavy (non-hydrogen) atoms. The molecule has 4 heterocycles. The number of hydrogen-bond donors (Lipinski definition) is 0. The summed E-state index contributed by atoms with van der Waals surface area (Å²) in [6.07, 6.45) is 8.73. The number of ether oxygens (including phenoxy) is 2. The van der Waals surface area contributed by atoms with E-state index in [0.717, 1.165) is 68.2 Å². The fraction of sp³-hybridized carbons (Fsp3) is 0. The van der Waals surface area contributed by atoms with Crippen molar-refractivity contribution in [3.8, 4) is 23.0 Å². The average Bonchev–Trinajstić information content (AvgIpc) is 3.80. The van der Waals surface area contributed by atoms with Crippen LogP contribution in [-0.2, 0) is 38.4 Å². The van der Waals surface area contributed by atoms with Crippen molar-refractivity contribution in [1.82, 2.24) is 0 Å². The molecule has 0 spiro atoms. The number of amides is 8. The Labute approximate surface area is 269 Å². The van der Waals surface area contributed by atoms with Crippen molar-refractivity contribution in [3.05, 3.63) is 109 Å². The van der Waals surface area contributed by atoms with Crippen LogP contribution in [0.2, 0.25) is 0 Å². The molecule has 0 unspecified atom stereocenters. The van der Waals surface area contributed by atoms with Gasteiger partial charge < -0.3 is 9.47 Å². The van der Waals surface area contributed by atoms with E-state index in [4.69, 9.17) is 9.47 Å². The Morgan fingerprint density at radius 1 is 0.333 bits per heavy atom. The van der Waals surface area contributed by atoms with Crippen LogP contribution in [0, 0.1) is 0 Å². The van der Waals surface area contributed by atoms with E-state index < -0.39 is 47.3 Å². The molecule has 4 aliphatic rings. The molecule has 14 nitrogen and oxygen atoms in total. The summed E-state index contributed by atoms with van der Waals surface area (Å²) in [6.45, 7) is 0. The number of hydrogen-bond acceptors (Lipinski definition) is 10. The van der Waals surface area contributed by atoms with Gasteiger partial charge in [-0.3, -0.25) is 38.4 Å². The Morgan fingerprint density at radius 3 is 0.896 bits per heavy atom. The summed E-state index contributed by atoms with van der Waals surface area (Å²) in [5.74, 6) is -4.36. The highest BCUT2D eigenvalue weighted by Crippen LogP contribution is 2.40. The first kappa shape index (κ1) is 29.5. The lowest BCUT2D eigenvalue weighted by molar-refractivity contribution is -0.121. The van der Waals surface area contributed by atoms with E-state index in [0.29, 0.717) is 0 Å². The predicted molar refractivity (Wildman–Crippen MR) is 166 cm³/mol. The third-order valence-corrected chi connectivity index (χ3v) is 7.40. The monoisotopic (exact) mass is 642 g/mol. The summed E-state index contributed by atoms with van der Waals surface area (Å²) in [4.78, 5) is 103. The van der Waals surface area contributed by atoms with Crippen LogP contribution in [-0.4, -0.2) is 47.3 Å². The number of nitrogens with zero attached hydrogens (tertiary/aromatic N) is 4. The molecule has 0 saturated carbocycles. The van der Waals surface area contributed by atoms with Crippen molar-refractivity contribution in [1.29, 1.82) is 0 Å². The summed E-state index contributed by atoms with van der Waals surface area (Å²) in [6, 6.07) is 14.3. The number of benzene rings is 3. The van der Waals surface area contributed by atoms with Gasteiger partial charge >= 0.3 is 0 Å². The molecule has 0 aromatic heterocycles. The third kappa shape index (κ3) is 5.04. The van der Waals surface area contributed by atoms with Crippen LogP contribution >= 0.6 is 0 Å². The van der Waals surface area contributed by atoms with Crippen molar-refractivity contribution in [3.63, 3.8) is 0 Å². The molecule has 0 fully saturated rings. The largest absolute Gasteiger partial charge is 0.455 e. The van der Waals surface area contributed by atoms with Crippen LogP contribution in [0.5, 0.6) is 23.0 Å². The molecule has 0 aliphatic carbocycles. The van der Waals surface area contributed by atoms with Gasteiger partial charge in [0.25, 0.3) is 47.3 Å². The summed E-state index contributed by atoms with van der Waals surface area (Å²) in [7, 11) is 0. The van der Waals surface area contributed by atoms with Gasteiger partial charge in [0.05, 0.1) is 22.7 Å². The second-order valence-electron chi connectivity index (χ2n) is 10.4. The van der Waals surface area contributed by atoms with E-state index in [1.807, 2.05) is 0 Å². The fourth-order valence-corrected chi connectivity index (χ4v) is 5.23. The second kappa shape index (κ2) is 11.3. The van der Waals surface area contributed by atoms with Crippen LogP contribution in [0.1, 0.15) is 0 Å². The van der Waals surface area contributed by atoms with Gasteiger partial charge in [0.2, 0.25) is 0 Å². The minimum absolute atomic E-state index is 0.0104. The van der Waals surface area contributed by atoms with Crippen LogP contribution in [0.25, 0.3) is 0 Å². The van der Waals surface area contributed by atoms with Crippen molar-refractivity contribution >= 4 is 70.0 Å². The molecule has 3 aromatic rings. The summed E-state index contributed by atoms with van der Waals surface area (Å²) in [5.41, 5.74) is 0.221. The van der Waals surface area contributed by atoms with Crippen LogP contribution in [0.3, 0.4) is 0 Å². The highest BCUT2D eigenvalue weighted by atomic mass is 16.5. The van der Waals surface area contributed by atoms with Gasteiger partial charge in [0, 0.05) is 48.6 Å². The van der Waals surface area contributed by atoms with Crippen LogP contribution in [0.4, 0.5) is 22.7 Å². The van der Waals surface area contributed by atoms with E-state index in [2.05, 4.69) is 0 Å². The molecule has 0 saturated heterocycles. The molecule has 0 N–H and O–H groups in total. The molecular formula is C34H18N4O10. The van der Waals surface area contributed by atoms with E-state index in [9.17, 15) is 38.4 Å². The van der Waals surface area contributed by atoms with Crippen molar-refractivity contribution in [2.45, 2.75) is 0 Å². The first-order valence-electron chi connectivity index (χ1n) is 14.1. The molecule has 7 rings (SSSR count). The number of rotatable bonds is 8. The van der Waals surface area contributed by atoms with E-state index >= 15 is 0 Å². The standard InChI is InChI=1S/C34H18N4O10/c39-27-9-10-28(40)35(27)19-1-7-25(23(17-19)37-31(43)13-14-32(37)44)47-21-3-5-22(6-4-21)48-26-8-2-20(36-29(41)11-12-30(36)42)18-24(26)38-33(45)15-16-34(38)46/h1-18H. The first-order valence-corrected chi connectivity index (χ1v) is 14.1. The average molecular weight is 643 g/mol. The Kier molecular flexibility index (Phi) is 6.94. The fourth-order valence-electron chi connectivity index (χ4n) is 5.23. The van der Waals surface area contributed by atoms with Gasteiger partial charge in [-0.15, -0.1) is 0 Å². The smallest absolute Gasteiger partial charge is 0.258 e. The van der Waals surface area contributed by atoms with E-state index in [1.165, 1.54) is 60.7 Å². The maximum absolute atomic E-state index is 12.6. The zero-order valence-corrected chi connectivity index (χ0v) is 24.3. The zero-order chi connectivity index (χ0) is 33.7. The molecule has 8 amide bonds. The normalized spacial score (nSPS) is 17.0. The Hall–Kier alpha value is -7.22. The highest BCUT2D eigenvalue weighted by Gasteiger charge is 2.33. The topological polar surface area (TPSA) is 168 Å². The Bertz CT molecular complexity index is 1940. The van der Waals surface area contributed by atoms with Gasteiger partial charge in [-0.25, -0.2) is 19.6 Å². The molecule has 0 bridgehead atoms. The van der Waals surface area contributed by atoms with Gasteiger partial charge in [-0.2, -0.15) is 0 Å². The van der Waals surface area contributed by atoms with Crippen molar-refractivity contribution in [2.24, 2.45) is 0 Å². The zero-order valence-electron chi connectivity index (χ0n) is 24.3. The summed E-state index contributed by atoms with van der Waals surface area (Å²) < 4.78 is 12.0. The summed E-state index contributed by atoms with van der Waals surface area (Å²) in [5, 5.41) is 0. The lowest BCUT2D eigenvalue weighted by Crippen LogP contribution is -2.32. The lowest BCUT2D eigenvalue weighted by Gasteiger charge is -2.22. The SMILES string of the molecule is O=C1C=CC(=O)N1c1ccc(Oc2ccc(Oc3ccc(N4C(=O)C=CC4=O)cc3N3C(=O)C=CC3=O)cc2)c(N2C(=O)C=CC2=O)c1. The third-order valence-electron chi connectivity index (χ3n) is 7.40. The number of carbonyl (C=O) groups excluding carboxylic acids is 8.